The molecule has 1 heterocycles. The van der Waals surface area contributed by atoms with E-state index in [1.807, 2.05) is 13.0 Å². The van der Waals surface area contributed by atoms with E-state index in [0.29, 0.717) is 36.6 Å². The summed E-state index contributed by atoms with van der Waals surface area (Å²) in [5.41, 5.74) is 1.08. The third kappa shape index (κ3) is 6.95. The minimum atomic E-state index is -0.133. The summed E-state index contributed by atoms with van der Waals surface area (Å²) in [5, 5.41) is 2.90. The first kappa shape index (κ1) is 26.5. The maximum Gasteiger partial charge on any atom is 0.257 e. The largest absolute Gasteiger partial charge is 0.491 e. The van der Waals surface area contributed by atoms with Gasteiger partial charge in [-0.15, -0.1) is 0 Å². The van der Waals surface area contributed by atoms with Crippen molar-refractivity contribution in [3.05, 3.63) is 23.8 Å². The first-order valence-corrected chi connectivity index (χ1v) is 12.9. The number of fused-ring (bicyclic) bond motifs is 1. The van der Waals surface area contributed by atoms with E-state index in [1.165, 1.54) is 25.7 Å². The number of carbonyl (C=O) groups excluding carboxylic acids is 2. The van der Waals surface area contributed by atoms with Crippen molar-refractivity contribution in [3.8, 4) is 5.75 Å². The van der Waals surface area contributed by atoms with Crippen molar-refractivity contribution in [1.29, 1.82) is 0 Å². The van der Waals surface area contributed by atoms with E-state index in [4.69, 9.17) is 9.47 Å². The molecule has 1 aliphatic carbocycles. The molecule has 2 aliphatic rings. The van der Waals surface area contributed by atoms with Crippen molar-refractivity contribution in [2.75, 3.05) is 45.7 Å². The van der Waals surface area contributed by atoms with E-state index in [1.54, 1.807) is 31.2 Å². The highest BCUT2D eigenvalue weighted by Crippen LogP contribution is 2.29. The van der Waals surface area contributed by atoms with Gasteiger partial charge in [-0.05, 0) is 56.2 Å². The molecule has 0 unspecified atom stereocenters. The number of carbonyl (C=O) groups is 2. The average molecular weight is 474 g/mol. The molecule has 7 nitrogen and oxygen atoms in total. The standard InChI is InChI=1S/C27H43N3O4/c1-6-9-26(31)28-22-12-13-24-23(14-22)27(32)29(4)17-25(33-5)19(2)15-30(20(3)18-34-24)16-21-10-7-8-11-21/h12-14,19-21,25H,6-11,15-18H2,1-5H3,(H,28,31)/t19-,20-,25+/m0/s1. The lowest BCUT2D eigenvalue weighted by Crippen LogP contribution is -2.47. The number of methoxy groups -OCH3 is 1. The van der Waals surface area contributed by atoms with Crippen LogP contribution in [0.2, 0.25) is 0 Å². The Balaban J connectivity index is 1.88. The van der Waals surface area contributed by atoms with Gasteiger partial charge in [0.25, 0.3) is 5.91 Å². The van der Waals surface area contributed by atoms with Crippen molar-refractivity contribution in [1.82, 2.24) is 9.80 Å². The van der Waals surface area contributed by atoms with Gasteiger partial charge in [0.15, 0.2) is 0 Å². The molecule has 1 aliphatic heterocycles. The van der Waals surface area contributed by atoms with Crippen LogP contribution in [0.3, 0.4) is 0 Å². The molecule has 0 radical (unpaired) electrons. The quantitative estimate of drug-likeness (QED) is 0.662. The van der Waals surface area contributed by atoms with Crippen LogP contribution in [0.15, 0.2) is 18.2 Å². The van der Waals surface area contributed by atoms with E-state index < -0.39 is 0 Å². The van der Waals surface area contributed by atoms with Crippen molar-refractivity contribution in [3.63, 3.8) is 0 Å². The van der Waals surface area contributed by atoms with Gasteiger partial charge >= 0.3 is 0 Å². The van der Waals surface area contributed by atoms with Gasteiger partial charge in [-0.1, -0.05) is 26.7 Å². The number of hydrogen-bond donors (Lipinski definition) is 1. The van der Waals surface area contributed by atoms with Crippen molar-refractivity contribution in [2.24, 2.45) is 11.8 Å². The van der Waals surface area contributed by atoms with Crippen LogP contribution >= 0.6 is 0 Å². The molecule has 3 rings (SSSR count). The molecule has 0 aromatic heterocycles. The fourth-order valence-electron chi connectivity index (χ4n) is 5.16. The summed E-state index contributed by atoms with van der Waals surface area (Å²) in [6, 6.07) is 5.56. The molecule has 190 valence electrons. The zero-order chi connectivity index (χ0) is 24.7. The first-order chi connectivity index (χ1) is 16.3. The smallest absolute Gasteiger partial charge is 0.257 e. The van der Waals surface area contributed by atoms with Crippen LogP contribution in [0.4, 0.5) is 5.69 Å². The molecule has 1 fully saturated rings. The summed E-state index contributed by atoms with van der Waals surface area (Å²) < 4.78 is 12.1. The van der Waals surface area contributed by atoms with E-state index in [9.17, 15) is 9.59 Å². The molecule has 1 aromatic rings. The molecular formula is C27H43N3O4. The molecular weight excluding hydrogens is 430 g/mol. The molecule has 3 atom stereocenters. The summed E-state index contributed by atoms with van der Waals surface area (Å²) in [7, 11) is 3.53. The van der Waals surface area contributed by atoms with Gasteiger partial charge in [-0.3, -0.25) is 14.5 Å². The SMILES string of the molecule is CCCC(=O)Nc1ccc2c(c1)C(=O)N(C)C[C@@H](OC)[C@@H](C)CN(CC1CCCC1)[C@@H](C)CO2. The number of ether oxygens (including phenoxy) is 2. The monoisotopic (exact) mass is 473 g/mol. The van der Waals surface area contributed by atoms with Gasteiger partial charge in [0.2, 0.25) is 5.91 Å². The molecule has 1 aromatic carbocycles. The molecule has 2 amide bonds. The number of amides is 2. The lowest BCUT2D eigenvalue weighted by Gasteiger charge is -2.37. The second-order valence-electron chi connectivity index (χ2n) is 10.2. The third-order valence-electron chi connectivity index (χ3n) is 7.30. The second-order valence-corrected chi connectivity index (χ2v) is 10.2. The maximum absolute atomic E-state index is 13.4. The Hall–Kier alpha value is -2.12. The molecule has 0 spiro atoms. The van der Waals surface area contributed by atoms with E-state index in [-0.39, 0.29) is 29.9 Å². The van der Waals surface area contributed by atoms with Crippen LogP contribution in [0.5, 0.6) is 5.75 Å². The topological polar surface area (TPSA) is 71.1 Å². The number of anilines is 1. The Labute approximate surface area is 205 Å². The Morgan fingerprint density at radius 1 is 1.21 bits per heavy atom. The first-order valence-electron chi connectivity index (χ1n) is 12.9. The third-order valence-corrected chi connectivity index (χ3v) is 7.30. The maximum atomic E-state index is 13.4. The molecule has 1 saturated carbocycles. The van der Waals surface area contributed by atoms with Gasteiger partial charge in [0, 0.05) is 51.9 Å². The van der Waals surface area contributed by atoms with E-state index in [0.717, 1.165) is 25.4 Å². The fourth-order valence-corrected chi connectivity index (χ4v) is 5.16. The summed E-state index contributed by atoms with van der Waals surface area (Å²) >= 11 is 0. The van der Waals surface area contributed by atoms with Crippen molar-refractivity contribution < 1.29 is 19.1 Å². The highest BCUT2D eigenvalue weighted by Gasteiger charge is 2.30. The zero-order valence-electron chi connectivity index (χ0n) is 21.6. The summed E-state index contributed by atoms with van der Waals surface area (Å²) in [5.74, 6) is 1.38. The highest BCUT2D eigenvalue weighted by atomic mass is 16.5. The normalized spacial score (nSPS) is 25.3. The minimum Gasteiger partial charge on any atom is -0.491 e. The van der Waals surface area contributed by atoms with Crippen molar-refractivity contribution in [2.45, 2.75) is 71.4 Å². The Morgan fingerprint density at radius 2 is 1.94 bits per heavy atom. The fraction of sp³-hybridized carbons (Fsp3) is 0.704. The molecule has 0 saturated heterocycles. The number of nitrogens with zero attached hydrogens (tertiary/aromatic N) is 2. The van der Waals surface area contributed by atoms with Crippen molar-refractivity contribution >= 4 is 17.5 Å². The summed E-state index contributed by atoms with van der Waals surface area (Å²) in [6.07, 6.45) is 6.42. The zero-order valence-corrected chi connectivity index (χ0v) is 21.6. The van der Waals surface area contributed by atoms with Crippen LogP contribution < -0.4 is 10.1 Å². The average Bonchev–Trinajstić information content (AvgIpc) is 3.33. The molecule has 0 bridgehead atoms. The number of likely N-dealkylation sites (N-methyl/N-ethyl adjacent to an activating group) is 1. The van der Waals surface area contributed by atoms with E-state index >= 15 is 0 Å². The highest BCUT2D eigenvalue weighted by molar-refractivity contribution is 5.99. The van der Waals surface area contributed by atoms with Gasteiger partial charge in [-0.25, -0.2) is 0 Å². The van der Waals surface area contributed by atoms with Gasteiger partial charge in [0.1, 0.15) is 12.4 Å². The van der Waals surface area contributed by atoms with E-state index in [2.05, 4.69) is 24.1 Å². The van der Waals surface area contributed by atoms with Crippen LogP contribution in [-0.4, -0.2) is 74.2 Å². The van der Waals surface area contributed by atoms with Crippen LogP contribution in [-0.2, 0) is 9.53 Å². The number of nitrogens with one attached hydrogen (secondary N) is 1. The summed E-state index contributed by atoms with van der Waals surface area (Å²) in [4.78, 5) is 29.8. The Bertz CT molecular complexity index is 824. The molecule has 34 heavy (non-hydrogen) atoms. The molecule has 1 N–H and O–H groups in total. The molecule has 7 heteroatoms. The lowest BCUT2D eigenvalue weighted by molar-refractivity contribution is -0.116. The minimum absolute atomic E-state index is 0.0539. The van der Waals surface area contributed by atoms with Crippen LogP contribution in [0, 0.1) is 11.8 Å². The van der Waals surface area contributed by atoms with Crippen LogP contribution in [0.1, 0.15) is 69.7 Å². The number of rotatable bonds is 6. The van der Waals surface area contributed by atoms with Gasteiger partial charge < -0.3 is 19.7 Å². The van der Waals surface area contributed by atoms with Gasteiger partial charge in [0.05, 0.1) is 11.7 Å². The Kier molecular flexibility index (Phi) is 9.77. The van der Waals surface area contributed by atoms with Gasteiger partial charge in [-0.2, -0.15) is 0 Å². The predicted octanol–water partition coefficient (Wildman–Crippen LogP) is 4.42. The lowest BCUT2D eigenvalue weighted by atomic mass is 9.99. The van der Waals surface area contributed by atoms with Crippen LogP contribution in [0.25, 0.3) is 0 Å². The second kappa shape index (κ2) is 12.5. The number of benzene rings is 1. The predicted molar refractivity (Wildman–Crippen MR) is 135 cm³/mol. The summed E-state index contributed by atoms with van der Waals surface area (Å²) in [6.45, 7) is 9.38. The Morgan fingerprint density at radius 3 is 2.62 bits per heavy atom. The number of hydrogen-bond acceptors (Lipinski definition) is 5.